The number of halogens is 8. The average molecular weight is 744 g/mol. The molecule has 4 rings (SSSR count). The third-order valence-electron chi connectivity index (χ3n) is 9.40. The van der Waals surface area contributed by atoms with Gasteiger partial charge in [-0.15, -0.1) is 0 Å². The number of nitrogens with one attached hydrogen (secondary N) is 1. The number of alkyl halides is 6. The quantitative estimate of drug-likeness (QED) is 0.152. The molecule has 1 fully saturated rings. The molecule has 3 aromatic rings. The second-order valence-electron chi connectivity index (χ2n) is 14.5. The summed E-state index contributed by atoms with van der Waals surface area (Å²) in [5.41, 5.74) is -3.69. The summed E-state index contributed by atoms with van der Waals surface area (Å²) in [5.74, 6) is -4.81. The number of rotatable bonds is 15. The molecule has 0 aliphatic heterocycles. The van der Waals surface area contributed by atoms with Crippen LogP contribution in [-0.4, -0.2) is 47.7 Å². The van der Waals surface area contributed by atoms with E-state index in [4.69, 9.17) is 0 Å². The Bertz CT molecular complexity index is 1800. The molecule has 0 radical (unpaired) electrons. The standard InChI is InChI=1S/C38H45F8N3O3/c1-20(2)12-26(49-19-24(8-7-11-48(5)6)28(16-31(49)50)37(41,42)43)18-47-30(17-32(51)52)34-35(39)27(15-29(36(34)40)38(44,45)46)33-21(3)13-25(14-22(33)4)23-9-10-23/h13-16,19-20,23,26,30,47H,7-12,17-18H2,1-6H3,(H,51,52). The number of aliphatic carboxylic acids is 1. The zero-order chi connectivity index (χ0) is 38.9. The maximum Gasteiger partial charge on any atom is 0.419 e. The molecule has 6 nitrogen and oxygen atoms in total. The van der Waals surface area contributed by atoms with E-state index >= 15 is 8.78 Å². The van der Waals surface area contributed by atoms with E-state index in [0.29, 0.717) is 42.1 Å². The van der Waals surface area contributed by atoms with E-state index in [1.807, 2.05) is 0 Å². The van der Waals surface area contributed by atoms with E-state index in [-0.39, 0.29) is 29.9 Å². The van der Waals surface area contributed by atoms with Crippen molar-refractivity contribution in [3.63, 3.8) is 0 Å². The van der Waals surface area contributed by atoms with Crippen LogP contribution in [0.2, 0.25) is 0 Å². The van der Waals surface area contributed by atoms with Crippen LogP contribution in [0.1, 0.15) is 103 Å². The van der Waals surface area contributed by atoms with Gasteiger partial charge >= 0.3 is 18.3 Å². The molecule has 52 heavy (non-hydrogen) atoms. The lowest BCUT2D eigenvalue weighted by molar-refractivity contribution is -0.140. The number of carboxylic acids is 1. The Labute approximate surface area is 297 Å². The first-order chi connectivity index (χ1) is 24.1. The molecule has 1 aromatic heterocycles. The van der Waals surface area contributed by atoms with E-state index in [0.717, 1.165) is 29.2 Å². The number of carbonyl (C=O) groups is 1. The van der Waals surface area contributed by atoms with Crippen molar-refractivity contribution < 1.29 is 45.0 Å². The summed E-state index contributed by atoms with van der Waals surface area (Å²) in [6.45, 7) is 6.83. The Kier molecular flexibility index (Phi) is 12.7. The molecule has 1 saturated carbocycles. The first-order valence-corrected chi connectivity index (χ1v) is 17.2. The van der Waals surface area contributed by atoms with E-state index in [1.165, 1.54) is 0 Å². The van der Waals surface area contributed by atoms with Crippen LogP contribution < -0.4 is 10.9 Å². The van der Waals surface area contributed by atoms with Gasteiger partial charge in [0.15, 0.2) is 0 Å². The lowest BCUT2D eigenvalue weighted by Crippen LogP contribution is -2.37. The minimum atomic E-state index is -5.28. The highest BCUT2D eigenvalue weighted by Gasteiger charge is 2.40. The number of hydrogen-bond donors (Lipinski definition) is 2. The topological polar surface area (TPSA) is 74.6 Å². The van der Waals surface area contributed by atoms with Crippen LogP contribution in [-0.2, 0) is 23.6 Å². The summed E-state index contributed by atoms with van der Waals surface area (Å²) in [6.07, 6.45) is -7.69. The molecule has 0 spiro atoms. The highest BCUT2D eigenvalue weighted by Crippen LogP contribution is 2.45. The summed E-state index contributed by atoms with van der Waals surface area (Å²) in [7, 11) is 3.52. The van der Waals surface area contributed by atoms with Crippen LogP contribution in [0.25, 0.3) is 11.1 Å². The molecular formula is C38H45F8N3O3. The second-order valence-corrected chi connectivity index (χ2v) is 14.5. The fourth-order valence-electron chi connectivity index (χ4n) is 6.92. The Hall–Kier alpha value is -3.78. The molecular weight excluding hydrogens is 698 g/mol. The third-order valence-corrected chi connectivity index (χ3v) is 9.40. The van der Waals surface area contributed by atoms with E-state index < -0.39 is 82.8 Å². The molecule has 0 amide bonds. The van der Waals surface area contributed by atoms with Crippen LogP contribution in [0.3, 0.4) is 0 Å². The summed E-state index contributed by atoms with van der Waals surface area (Å²) >= 11 is 0. The predicted octanol–water partition coefficient (Wildman–Crippen LogP) is 9.21. The minimum absolute atomic E-state index is 0.0271. The number of aromatic nitrogens is 1. The Balaban J connectivity index is 1.84. The van der Waals surface area contributed by atoms with Gasteiger partial charge in [0, 0.05) is 42.0 Å². The van der Waals surface area contributed by atoms with Crippen molar-refractivity contribution >= 4 is 5.97 Å². The van der Waals surface area contributed by atoms with Gasteiger partial charge in [0.1, 0.15) is 11.6 Å². The Morgan fingerprint density at radius 3 is 2.06 bits per heavy atom. The van der Waals surface area contributed by atoms with Gasteiger partial charge in [0.2, 0.25) is 0 Å². The number of pyridine rings is 1. The van der Waals surface area contributed by atoms with Crippen LogP contribution >= 0.6 is 0 Å². The fourth-order valence-corrected chi connectivity index (χ4v) is 6.92. The summed E-state index contributed by atoms with van der Waals surface area (Å²) in [4.78, 5) is 27.1. The Morgan fingerprint density at radius 1 is 0.962 bits per heavy atom. The van der Waals surface area contributed by atoms with Gasteiger partial charge in [-0.3, -0.25) is 9.59 Å². The van der Waals surface area contributed by atoms with Crippen molar-refractivity contribution in [1.82, 2.24) is 14.8 Å². The minimum Gasteiger partial charge on any atom is -0.481 e. The second kappa shape index (κ2) is 16.1. The van der Waals surface area contributed by atoms with Crippen molar-refractivity contribution in [3.8, 4) is 11.1 Å². The van der Waals surface area contributed by atoms with Gasteiger partial charge in [-0.05, 0) is 112 Å². The molecule has 2 atom stereocenters. The van der Waals surface area contributed by atoms with E-state index in [1.54, 1.807) is 58.8 Å². The van der Waals surface area contributed by atoms with Crippen molar-refractivity contribution in [2.75, 3.05) is 27.2 Å². The normalized spacial score (nSPS) is 15.1. The van der Waals surface area contributed by atoms with Crippen LogP contribution in [0.4, 0.5) is 35.1 Å². The predicted molar refractivity (Wildman–Crippen MR) is 182 cm³/mol. The van der Waals surface area contributed by atoms with Crippen molar-refractivity contribution in [2.45, 2.75) is 96.6 Å². The Morgan fingerprint density at radius 2 is 1.56 bits per heavy atom. The summed E-state index contributed by atoms with van der Waals surface area (Å²) < 4.78 is 119. The van der Waals surface area contributed by atoms with Gasteiger partial charge in [0.05, 0.1) is 17.5 Å². The first kappa shape index (κ1) is 41.0. The van der Waals surface area contributed by atoms with Gasteiger partial charge in [-0.1, -0.05) is 26.0 Å². The third kappa shape index (κ3) is 9.80. The lowest BCUT2D eigenvalue weighted by atomic mass is 9.87. The SMILES string of the molecule is Cc1cc(C2CC2)cc(C)c1-c1cc(C(F)(F)F)c(F)c(C(CC(=O)O)NCC(CC(C)C)n2cc(CCCN(C)C)c(C(F)(F)F)cc2=O)c1F. The maximum absolute atomic E-state index is 16.6. The lowest BCUT2D eigenvalue weighted by Gasteiger charge is -2.28. The molecule has 286 valence electrons. The number of hydrogen-bond acceptors (Lipinski definition) is 4. The van der Waals surface area contributed by atoms with Crippen LogP contribution in [0, 0.1) is 31.4 Å². The molecule has 0 saturated heterocycles. The van der Waals surface area contributed by atoms with Crippen LogP contribution in [0.15, 0.2) is 35.3 Å². The van der Waals surface area contributed by atoms with E-state index in [2.05, 4.69) is 5.32 Å². The molecule has 1 heterocycles. The molecule has 0 bridgehead atoms. The highest BCUT2D eigenvalue weighted by molar-refractivity contribution is 5.74. The molecule has 2 N–H and O–H groups in total. The fraction of sp³-hybridized carbons (Fsp3) is 0.526. The largest absolute Gasteiger partial charge is 0.481 e. The van der Waals surface area contributed by atoms with Gasteiger partial charge < -0.3 is 19.9 Å². The van der Waals surface area contributed by atoms with Crippen molar-refractivity contribution in [3.05, 3.63) is 91.4 Å². The molecule has 14 heteroatoms. The number of nitrogens with zero attached hydrogens (tertiary/aromatic N) is 2. The van der Waals surface area contributed by atoms with Gasteiger partial charge in [-0.2, -0.15) is 26.3 Å². The zero-order valence-electron chi connectivity index (χ0n) is 30.0. The zero-order valence-corrected chi connectivity index (χ0v) is 30.0. The van der Waals surface area contributed by atoms with Crippen LogP contribution in [0.5, 0.6) is 0 Å². The average Bonchev–Trinajstić information content (AvgIpc) is 3.84. The number of benzene rings is 2. The molecule has 1 aliphatic rings. The smallest absolute Gasteiger partial charge is 0.419 e. The summed E-state index contributed by atoms with van der Waals surface area (Å²) in [6, 6.07) is 1.59. The molecule has 1 aliphatic carbocycles. The van der Waals surface area contributed by atoms with Crippen molar-refractivity contribution in [2.24, 2.45) is 5.92 Å². The first-order valence-electron chi connectivity index (χ1n) is 17.2. The highest BCUT2D eigenvalue weighted by atomic mass is 19.4. The summed E-state index contributed by atoms with van der Waals surface area (Å²) in [5, 5.41) is 12.5. The van der Waals surface area contributed by atoms with Crippen molar-refractivity contribution in [1.29, 1.82) is 0 Å². The number of carboxylic acid groups (broad SMARTS) is 1. The number of aryl methyl sites for hydroxylation is 3. The molecule has 2 unspecified atom stereocenters. The van der Waals surface area contributed by atoms with Gasteiger partial charge in [-0.25, -0.2) is 8.78 Å². The van der Waals surface area contributed by atoms with E-state index in [9.17, 15) is 41.0 Å². The maximum atomic E-state index is 16.6. The monoisotopic (exact) mass is 743 g/mol. The molecule has 2 aromatic carbocycles. The van der Waals surface area contributed by atoms with Gasteiger partial charge in [0.25, 0.3) is 5.56 Å².